The number of aromatic nitrogens is 4. The van der Waals surface area contributed by atoms with Crippen molar-refractivity contribution in [2.24, 2.45) is 0 Å². The van der Waals surface area contributed by atoms with Crippen molar-refractivity contribution in [1.29, 1.82) is 0 Å². The van der Waals surface area contributed by atoms with Crippen LogP contribution in [0.2, 0.25) is 0 Å². The van der Waals surface area contributed by atoms with Crippen LogP contribution in [0.4, 0.5) is 0 Å². The summed E-state index contributed by atoms with van der Waals surface area (Å²) in [5.74, 6) is -0.532. The van der Waals surface area contributed by atoms with E-state index in [1.165, 1.54) is 7.11 Å². The lowest BCUT2D eigenvalue weighted by Crippen LogP contribution is -2.31. The van der Waals surface area contributed by atoms with Gasteiger partial charge in [-0.1, -0.05) is 29.5 Å². The first-order chi connectivity index (χ1) is 15.7. The molecule has 0 fully saturated rings. The summed E-state index contributed by atoms with van der Waals surface area (Å²) in [6.07, 6.45) is 3.33. The van der Waals surface area contributed by atoms with Crippen LogP contribution in [0.5, 0.6) is 0 Å². The average molecular weight is 427 g/mol. The van der Waals surface area contributed by atoms with E-state index in [0.717, 1.165) is 17.1 Å². The van der Waals surface area contributed by atoms with Gasteiger partial charge in [-0.2, -0.15) is 0 Å². The minimum Gasteiger partial charge on any atom is -0.465 e. The van der Waals surface area contributed by atoms with Crippen molar-refractivity contribution in [2.75, 3.05) is 7.11 Å². The van der Waals surface area contributed by atoms with E-state index >= 15 is 0 Å². The maximum atomic E-state index is 13.3. The maximum absolute atomic E-state index is 13.3. The van der Waals surface area contributed by atoms with Crippen molar-refractivity contribution < 1.29 is 14.3 Å². The average Bonchev–Trinajstić information content (AvgIpc) is 3.32. The van der Waals surface area contributed by atoms with Gasteiger partial charge in [0.2, 0.25) is 0 Å². The van der Waals surface area contributed by atoms with E-state index in [-0.39, 0.29) is 12.5 Å². The normalized spacial score (nSPS) is 10.5. The third kappa shape index (κ3) is 4.70. The summed E-state index contributed by atoms with van der Waals surface area (Å²) in [7, 11) is 1.34. The number of amides is 1. The van der Waals surface area contributed by atoms with Crippen LogP contribution in [0.3, 0.4) is 0 Å². The van der Waals surface area contributed by atoms with Gasteiger partial charge < -0.3 is 9.64 Å². The van der Waals surface area contributed by atoms with Crippen LogP contribution in [0.25, 0.3) is 5.69 Å². The molecule has 0 aliphatic rings. The van der Waals surface area contributed by atoms with E-state index in [1.54, 1.807) is 58.4 Å². The third-order valence-electron chi connectivity index (χ3n) is 4.89. The van der Waals surface area contributed by atoms with E-state index in [2.05, 4.69) is 15.3 Å². The molecule has 2 aromatic carbocycles. The van der Waals surface area contributed by atoms with Gasteiger partial charge in [0.15, 0.2) is 0 Å². The van der Waals surface area contributed by atoms with Crippen LogP contribution in [-0.4, -0.2) is 43.9 Å². The molecule has 0 N–H and O–H groups in total. The Morgan fingerprint density at radius 1 is 0.906 bits per heavy atom. The predicted molar refractivity (Wildman–Crippen MR) is 117 cm³/mol. The number of rotatable bonds is 7. The Kier molecular flexibility index (Phi) is 6.31. The van der Waals surface area contributed by atoms with Crippen molar-refractivity contribution in [3.63, 3.8) is 0 Å². The van der Waals surface area contributed by atoms with Crippen LogP contribution < -0.4 is 0 Å². The van der Waals surface area contributed by atoms with Gasteiger partial charge in [0, 0.05) is 11.8 Å². The van der Waals surface area contributed by atoms with Crippen LogP contribution in [-0.2, 0) is 17.8 Å². The van der Waals surface area contributed by atoms with Gasteiger partial charge in [0.05, 0.1) is 49.0 Å². The monoisotopic (exact) mass is 427 g/mol. The Morgan fingerprint density at radius 2 is 1.66 bits per heavy atom. The molecule has 4 aromatic rings. The fraction of sp³-hybridized carbons (Fsp3) is 0.125. The molecule has 160 valence electrons. The number of carbonyl (C=O) groups excluding carboxylic acids is 2. The molecule has 0 aliphatic carbocycles. The number of pyridine rings is 1. The van der Waals surface area contributed by atoms with Gasteiger partial charge in [-0.3, -0.25) is 9.78 Å². The number of carbonyl (C=O) groups is 2. The molecule has 0 radical (unpaired) electrons. The lowest BCUT2D eigenvalue weighted by atomic mass is 10.2. The largest absolute Gasteiger partial charge is 0.465 e. The summed E-state index contributed by atoms with van der Waals surface area (Å²) in [5.41, 5.74) is 3.24. The van der Waals surface area contributed by atoms with Gasteiger partial charge in [-0.15, -0.1) is 5.10 Å². The molecule has 32 heavy (non-hydrogen) atoms. The Bertz CT molecular complexity index is 1190. The molecule has 0 saturated heterocycles. The van der Waals surface area contributed by atoms with Crippen molar-refractivity contribution in [2.45, 2.75) is 13.1 Å². The fourth-order valence-corrected chi connectivity index (χ4v) is 3.28. The maximum Gasteiger partial charge on any atom is 0.337 e. The van der Waals surface area contributed by atoms with Crippen molar-refractivity contribution in [3.8, 4) is 5.69 Å². The number of nitrogens with zero attached hydrogens (tertiary/aromatic N) is 5. The van der Waals surface area contributed by atoms with E-state index in [9.17, 15) is 9.59 Å². The molecule has 1 amide bonds. The van der Waals surface area contributed by atoms with Gasteiger partial charge in [-0.05, 0) is 48.5 Å². The second-order valence-corrected chi connectivity index (χ2v) is 7.02. The molecule has 0 bridgehead atoms. The Labute approximate surface area is 185 Å². The molecule has 0 aliphatic heterocycles. The molecule has 2 aromatic heterocycles. The molecule has 2 heterocycles. The number of hydrogen-bond acceptors (Lipinski definition) is 6. The van der Waals surface area contributed by atoms with Crippen molar-refractivity contribution in [1.82, 2.24) is 24.9 Å². The summed E-state index contributed by atoms with van der Waals surface area (Å²) in [6, 6.07) is 21.6. The second-order valence-electron chi connectivity index (χ2n) is 7.02. The summed E-state index contributed by atoms with van der Waals surface area (Å²) < 4.78 is 6.39. The van der Waals surface area contributed by atoms with Gasteiger partial charge in [-0.25, -0.2) is 9.48 Å². The number of esters is 1. The fourth-order valence-electron chi connectivity index (χ4n) is 3.28. The van der Waals surface area contributed by atoms with Gasteiger partial charge in [0.1, 0.15) is 0 Å². The zero-order chi connectivity index (χ0) is 22.3. The minimum absolute atomic E-state index is 0.120. The lowest BCUT2D eigenvalue weighted by Gasteiger charge is -2.22. The number of hydrogen-bond donors (Lipinski definition) is 0. The highest BCUT2D eigenvalue weighted by molar-refractivity contribution is 5.94. The quantitative estimate of drug-likeness (QED) is 0.421. The van der Waals surface area contributed by atoms with E-state index < -0.39 is 5.97 Å². The molecular formula is C24H21N5O3. The van der Waals surface area contributed by atoms with Crippen molar-refractivity contribution >= 4 is 11.9 Å². The number of methoxy groups -OCH3 is 1. The van der Waals surface area contributed by atoms with Crippen LogP contribution in [0.1, 0.15) is 32.1 Å². The highest BCUT2D eigenvalue weighted by atomic mass is 16.5. The Hall–Kier alpha value is -4.33. The first-order valence-corrected chi connectivity index (χ1v) is 9.98. The van der Waals surface area contributed by atoms with Crippen molar-refractivity contribution in [3.05, 3.63) is 108 Å². The number of ether oxygens (including phenoxy) is 1. The smallest absolute Gasteiger partial charge is 0.337 e. The molecule has 8 heteroatoms. The van der Waals surface area contributed by atoms with E-state index in [0.29, 0.717) is 17.7 Å². The van der Waals surface area contributed by atoms with Crippen LogP contribution >= 0.6 is 0 Å². The standard InChI is InChI=1S/C24H21N5O3/c1-32-24(31)19-10-12-21(13-11-19)29-22(15-26-27-29)17-28(16-20-9-5-6-14-25-20)23(30)18-7-3-2-4-8-18/h2-15H,16-17H2,1H3. The van der Waals surface area contributed by atoms with Gasteiger partial charge in [0.25, 0.3) is 5.91 Å². The topological polar surface area (TPSA) is 90.2 Å². The van der Waals surface area contributed by atoms with Crippen LogP contribution in [0.15, 0.2) is 85.2 Å². The molecular weight excluding hydrogens is 406 g/mol. The Balaban J connectivity index is 1.62. The molecule has 4 rings (SSSR count). The zero-order valence-electron chi connectivity index (χ0n) is 17.5. The first-order valence-electron chi connectivity index (χ1n) is 9.98. The second kappa shape index (κ2) is 9.65. The highest BCUT2D eigenvalue weighted by Gasteiger charge is 2.20. The molecule has 8 nitrogen and oxygen atoms in total. The first kappa shape index (κ1) is 20.9. The minimum atomic E-state index is -0.412. The SMILES string of the molecule is COC(=O)c1ccc(-n2nncc2CN(Cc2ccccn2)C(=O)c2ccccc2)cc1. The summed E-state index contributed by atoms with van der Waals surface area (Å²) >= 11 is 0. The highest BCUT2D eigenvalue weighted by Crippen LogP contribution is 2.16. The summed E-state index contributed by atoms with van der Waals surface area (Å²) in [6.45, 7) is 0.608. The molecule has 0 spiro atoms. The van der Waals surface area contributed by atoms with E-state index in [4.69, 9.17) is 4.74 Å². The number of benzene rings is 2. The van der Waals surface area contributed by atoms with Crippen LogP contribution in [0, 0.1) is 0 Å². The Morgan fingerprint density at radius 3 is 2.34 bits per heavy atom. The molecule has 0 saturated carbocycles. The third-order valence-corrected chi connectivity index (χ3v) is 4.89. The molecule has 0 atom stereocenters. The summed E-state index contributed by atoms with van der Waals surface area (Å²) in [5, 5.41) is 8.20. The lowest BCUT2D eigenvalue weighted by molar-refractivity contribution is 0.0600. The van der Waals surface area contributed by atoms with Gasteiger partial charge >= 0.3 is 5.97 Å². The molecule has 0 unspecified atom stereocenters. The zero-order valence-corrected chi connectivity index (χ0v) is 17.5. The predicted octanol–water partition coefficient (Wildman–Crippen LogP) is 3.29. The summed E-state index contributed by atoms with van der Waals surface area (Å²) in [4.78, 5) is 31.0. The van der Waals surface area contributed by atoms with E-state index in [1.807, 2.05) is 36.4 Å².